The molecule has 1 nitrogen and oxygen atoms in total. The predicted molar refractivity (Wildman–Crippen MR) is 67.1 cm³/mol. The Hall–Kier alpha value is -0.820. The smallest absolute Gasteiger partial charge is 0.0189 e. The van der Waals surface area contributed by atoms with Crippen LogP contribution >= 0.6 is 0 Å². The molecule has 0 heterocycles. The summed E-state index contributed by atoms with van der Waals surface area (Å²) in [6, 6.07) is 6.60. The molecule has 0 fully saturated rings. The molecule has 1 atom stereocenters. The van der Waals surface area contributed by atoms with Gasteiger partial charge in [-0.3, -0.25) is 0 Å². The molecule has 0 aliphatic heterocycles. The first kappa shape index (κ1) is 12.3. The van der Waals surface area contributed by atoms with Gasteiger partial charge in [0.25, 0.3) is 0 Å². The Kier molecular flexibility index (Phi) is 3.56. The minimum Gasteiger partial charge on any atom is -0.325 e. The quantitative estimate of drug-likeness (QED) is 0.805. The molecular formula is C14H23N. The van der Waals surface area contributed by atoms with Crippen LogP contribution in [0, 0.1) is 19.8 Å². The van der Waals surface area contributed by atoms with Gasteiger partial charge in [0.2, 0.25) is 0 Å². The van der Waals surface area contributed by atoms with Gasteiger partial charge < -0.3 is 5.73 Å². The van der Waals surface area contributed by atoms with Crippen LogP contribution in [0.2, 0.25) is 0 Å². The van der Waals surface area contributed by atoms with Crippen molar-refractivity contribution in [1.82, 2.24) is 0 Å². The van der Waals surface area contributed by atoms with Crippen molar-refractivity contribution in [2.75, 3.05) is 0 Å². The fourth-order valence-electron chi connectivity index (χ4n) is 1.66. The number of benzene rings is 1. The molecule has 0 bridgehead atoms. The minimum absolute atomic E-state index is 0.111. The average Bonchev–Trinajstić information content (AvgIpc) is 2.09. The topological polar surface area (TPSA) is 26.0 Å². The van der Waals surface area contributed by atoms with Crippen molar-refractivity contribution in [3.8, 4) is 0 Å². The van der Waals surface area contributed by atoms with E-state index in [4.69, 9.17) is 5.73 Å². The van der Waals surface area contributed by atoms with E-state index in [9.17, 15) is 0 Å². The first-order chi connectivity index (χ1) is 6.83. The van der Waals surface area contributed by atoms with Gasteiger partial charge >= 0.3 is 0 Å². The highest BCUT2D eigenvalue weighted by Crippen LogP contribution is 2.21. The second kappa shape index (κ2) is 4.36. The van der Waals surface area contributed by atoms with Crippen LogP contribution in [0.5, 0.6) is 0 Å². The fourth-order valence-corrected chi connectivity index (χ4v) is 1.66. The van der Waals surface area contributed by atoms with Gasteiger partial charge in [0.05, 0.1) is 0 Å². The highest BCUT2D eigenvalue weighted by Gasteiger charge is 2.23. The van der Waals surface area contributed by atoms with E-state index in [2.05, 4.69) is 52.8 Å². The van der Waals surface area contributed by atoms with Crippen LogP contribution in [0.3, 0.4) is 0 Å². The van der Waals surface area contributed by atoms with Crippen molar-refractivity contribution >= 4 is 0 Å². The number of hydrogen-bond acceptors (Lipinski definition) is 1. The molecule has 1 heteroatoms. The van der Waals surface area contributed by atoms with Gasteiger partial charge in [-0.2, -0.15) is 0 Å². The van der Waals surface area contributed by atoms with Crippen molar-refractivity contribution in [3.05, 3.63) is 34.9 Å². The van der Waals surface area contributed by atoms with E-state index in [1.54, 1.807) is 0 Å². The molecule has 0 radical (unpaired) electrons. The second-order valence-electron chi connectivity index (χ2n) is 5.27. The number of aryl methyl sites for hydroxylation is 2. The Balaban J connectivity index is 2.90. The van der Waals surface area contributed by atoms with Gasteiger partial charge in [0.15, 0.2) is 0 Å². The van der Waals surface area contributed by atoms with E-state index in [0.717, 1.165) is 6.42 Å². The Morgan fingerprint density at radius 1 is 1.27 bits per heavy atom. The van der Waals surface area contributed by atoms with Crippen LogP contribution in [0.25, 0.3) is 0 Å². The molecule has 2 N–H and O–H groups in total. The van der Waals surface area contributed by atoms with Crippen molar-refractivity contribution in [3.63, 3.8) is 0 Å². The maximum atomic E-state index is 6.30. The molecule has 0 spiro atoms. The molecule has 1 aromatic carbocycles. The highest BCUT2D eigenvalue weighted by atomic mass is 14.7. The molecule has 1 aromatic rings. The summed E-state index contributed by atoms with van der Waals surface area (Å²) in [4.78, 5) is 0. The summed E-state index contributed by atoms with van der Waals surface area (Å²) in [5, 5.41) is 0. The lowest BCUT2D eigenvalue weighted by Crippen LogP contribution is -2.44. The third-order valence-corrected chi connectivity index (χ3v) is 3.39. The molecule has 0 aliphatic carbocycles. The van der Waals surface area contributed by atoms with Crippen LogP contribution in [0.15, 0.2) is 18.2 Å². The molecule has 0 aliphatic rings. The van der Waals surface area contributed by atoms with Gasteiger partial charge in [-0.1, -0.05) is 37.6 Å². The first-order valence-corrected chi connectivity index (χ1v) is 5.68. The minimum atomic E-state index is -0.111. The molecule has 0 saturated carbocycles. The molecule has 0 aromatic heterocycles. The van der Waals surface area contributed by atoms with Gasteiger partial charge in [-0.25, -0.2) is 0 Å². The lowest BCUT2D eigenvalue weighted by molar-refractivity contribution is 0.337. The van der Waals surface area contributed by atoms with Crippen molar-refractivity contribution in [1.29, 1.82) is 0 Å². The molecule has 15 heavy (non-hydrogen) atoms. The van der Waals surface area contributed by atoms with Crippen LogP contribution in [0.1, 0.15) is 37.5 Å². The second-order valence-corrected chi connectivity index (χ2v) is 5.27. The Bertz CT molecular complexity index is 337. The number of hydrogen-bond donors (Lipinski definition) is 1. The van der Waals surface area contributed by atoms with E-state index >= 15 is 0 Å². The lowest BCUT2D eigenvalue weighted by Gasteiger charge is -2.30. The molecular weight excluding hydrogens is 182 g/mol. The number of rotatable bonds is 3. The molecule has 0 saturated heterocycles. The van der Waals surface area contributed by atoms with Crippen LogP contribution < -0.4 is 5.73 Å². The fraction of sp³-hybridized carbons (Fsp3) is 0.571. The summed E-state index contributed by atoms with van der Waals surface area (Å²) < 4.78 is 0. The van der Waals surface area contributed by atoms with Crippen molar-refractivity contribution in [2.24, 2.45) is 11.7 Å². The van der Waals surface area contributed by atoms with Crippen LogP contribution in [0.4, 0.5) is 0 Å². The first-order valence-electron chi connectivity index (χ1n) is 5.68. The predicted octanol–water partition coefficient (Wildman–Crippen LogP) is 3.22. The maximum Gasteiger partial charge on any atom is 0.0189 e. The zero-order valence-corrected chi connectivity index (χ0v) is 10.6. The zero-order valence-electron chi connectivity index (χ0n) is 10.6. The average molecular weight is 205 g/mol. The lowest BCUT2D eigenvalue weighted by atomic mass is 9.82. The summed E-state index contributed by atoms with van der Waals surface area (Å²) >= 11 is 0. The normalized spacial score (nSPS) is 15.4. The van der Waals surface area contributed by atoms with Crippen LogP contribution in [-0.2, 0) is 6.42 Å². The zero-order chi connectivity index (χ0) is 11.6. The third-order valence-electron chi connectivity index (χ3n) is 3.39. The largest absolute Gasteiger partial charge is 0.325 e. The summed E-state index contributed by atoms with van der Waals surface area (Å²) in [6.45, 7) is 10.8. The third kappa shape index (κ3) is 3.07. The van der Waals surface area contributed by atoms with Crippen LogP contribution in [-0.4, -0.2) is 5.54 Å². The maximum absolute atomic E-state index is 6.30. The van der Waals surface area contributed by atoms with Gasteiger partial charge in [0, 0.05) is 5.54 Å². The van der Waals surface area contributed by atoms with E-state index in [0.29, 0.717) is 5.92 Å². The molecule has 1 unspecified atom stereocenters. The Morgan fingerprint density at radius 3 is 2.33 bits per heavy atom. The molecule has 84 valence electrons. The van der Waals surface area contributed by atoms with E-state index in [-0.39, 0.29) is 5.54 Å². The summed E-state index contributed by atoms with van der Waals surface area (Å²) in [5.74, 6) is 0.498. The van der Waals surface area contributed by atoms with E-state index in [1.165, 1.54) is 16.7 Å². The van der Waals surface area contributed by atoms with E-state index in [1.807, 2.05) is 0 Å². The van der Waals surface area contributed by atoms with E-state index < -0.39 is 0 Å². The summed E-state index contributed by atoms with van der Waals surface area (Å²) in [6.07, 6.45) is 0.955. The van der Waals surface area contributed by atoms with Crippen molar-refractivity contribution in [2.45, 2.75) is 46.6 Å². The number of nitrogens with two attached hydrogens (primary N) is 1. The van der Waals surface area contributed by atoms with Gasteiger partial charge in [0.1, 0.15) is 0 Å². The summed E-state index contributed by atoms with van der Waals surface area (Å²) in [5.41, 5.74) is 10.2. The standard InChI is InChI=1S/C14H23N/c1-10(2)14(5,15)9-13-7-6-11(3)8-12(13)4/h6-8,10H,9,15H2,1-5H3. The Morgan fingerprint density at radius 2 is 1.87 bits per heavy atom. The van der Waals surface area contributed by atoms with Crippen molar-refractivity contribution < 1.29 is 0 Å². The SMILES string of the molecule is Cc1ccc(CC(C)(N)C(C)C)c(C)c1. The summed E-state index contributed by atoms with van der Waals surface area (Å²) in [7, 11) is 0. The van der Waals surface area contributed by atoms with Gasteiger partial charge in [-0.05, 0) is 44.2 Å². The van der Waals surface area contributed by atoms with Gasteiger partial charge in [-0.15, -0.1) is 0 Å². The Labute approximate surface area is 93.7 Å². The molecule has 1 rings (SSSR count). The highest BCUT2D eigenvalue weighted by molar-refractivity contribution is 5.31. The monoisotopic (exact) mass is 205 g/mol. The molecule has 0 amide bonds.